The van der Waals surface area contributed by atoms with Crippen LogP contribution in [-0.4, -0.2) is 36.6 Å². The Balaban J connectivity index is 1.93. The van der Waals surface area contributed by atoms with Crippen molar-refractivity contribution in [3.05, 3.63) is 47.3 Å². The SMILES string of the molecule is Cc1ccc(C2CC(C)N(c3cc(N(C)C)nc(C(F)(F)F)n3)C2)cc1. The molecule has 2 atom stereocenters. The molecule has 3 rings (SSSR count). The van der Waals surface area contributed by atoms with Crippen LogP contribution in [0.5, 0.6) is 0 Å². The fraction of sp³-hybridized carbons (Fsp3) is 0.474. The average Bonchev–Trinajstić information content (AvgIpc) is 2.96. The van der Waals surface area contributed by atoms with Gasteiger partial charge in [-0.05, 0) is 25.8 Å². The molecule has 1 saturated heterocycles. The summed E-state index contributed by atoms with van der Waals surface area (Å²) >= 11 is 0. The molecule has 140 valence electrons. The Morgan fingerprint density at radius 1 is 1.12 bits per heavy atom. The second-order valence-electron chi connectivity index (χ2n) is 7.14. The number of benzene rings is 1. The molecule has 2 aromatic rings. The summed E-state index contributed by atoms with van der Waals surface area (Å²) < 4.78 is 39.6. The summed E-state index contributed by atoms with van der Waals surface area (Å²) in [6.45, 7) is 4.71. The van der Waals surface area contributed by atoms with Crippen LogP contribution in [0, 0.1) is 6.92 Å². The average molecular weight is 364 g/mol. The molecule has 0 spiro atoms. The highest BCUT2D eigenvalue weighted by atomic mass is 19.4. The van der Waals surface area contributed by atoms with Crippen molar-refractivity contribution in [2.45, 2.75) is 38.4 Å². The Morgan fingerprint density at radius 3 is 2.35 bits per heavy atom. The molecule has 0 aliphatic carbocycles. The highest BCUT2D eigenvalue weighted by Gasteiger charge is 2.38. The summed E-state index contributed by atoms with van der Waals surface area (Å²) in [6.07, 6.45) is -3.69. The van der Waals surface area contributed by atoms with Crippen molar-refractivity contribution < 1.29 is 13.2 Å². The van der Waals surface area contributed by atoms with Gasteiger partial charge in [-0.3, -0.25) is 0 Å². The fourth-order valence-electron chi connectivity index (χ4n) is 3.36. The van der Waals surface area contributed by atoms with Crippen molar-refractivity contribution in [1.29, 1.82) is 0 Å². The zero-order valence-corrected chi connectivity index (χ0v) is 15.4. The molecule has 0 amide bonds. The number of aromatic nitrogens is 2. The minimum atomic E-state index is -4.57. The molecule has 4 nitrogen and oxygen atoms in total. The second kappa shape index (κ2) is 6.78. The first kappa shape index (κ1) is 18.5. The summed E-state index contributed by atoms with van der Waals surface area (Å²) in [5.74, 6) is -0.228. The lowest BCUT2D eigenvalue weighted by atomic mass is 9.96. The molecular formula is C19H23F3N4. The summed E-state index contributed by atoms with van der Waals surface area (Å²) in [4.78, 5) is 11.0. The summed E-state index contributed by atoms with van der Waals surface area (Å²) in [5, 5.41) is 0. The number of aryl methyl sites for hydroxylation is 1. The quantitative estimate of drug-likeness (QED) is 0.815. The molecule has 1 aliphatic heterocycles. The Morgan fingerprint density at radius 2 is 1.77 bits per heavy atom. The smallest absolute Gasteiger partial charge is 0.363 e. The van der Waals surface area contributed by atoms with Crippen molar-refractivity contribution in [3.63, 3.8) is 0 Å². The Labute approximate surface area is 151 Å². The van der Waals surface area contributed by atoms with Gasteiger partial charge in [-0.1, -0.05) is 29.8 Å². The summed E-state index contributed by atoms with van der Waals surface area (Å²) in [6, 6.07) is 10.1. The maximum atomic E-state index is 13.2. The Hall–Kier alpha value is -2.31. The van der Waals surface area contributed by atoms with Gasteiger partial charge in [0.1, 0.15) is 11.6 Å². The third-order valence-corrected chi connectivity index (χ3v) is 4.83. The van der Waals surface area contributed by atoms with Crippen LogP contribution in [0.2, 0.25) is 0 Å². The lowest BCUT2D eigenvalue weighted by molar-refractivity contribution is -0.144. The fourth-order valence-corrected chi connectivity index (χ4v) is 3.36. The summed E-state index contributed by atoms with van der Waals surface area (Å²) in [7, 11) is 3.35. The topological polar surface area (TPSA) is 32.3 Å². The molecule has 0 radical (unpaired) electrons. The number of anilines is 2. The number of halogens is 3. The van der Waals surface area contributed by atoms with E-state index < -0.39 is 12.0 Å². The van der Waals surface area contributed by atoms with Crippen LogP contribution in [0.3, 0.4) is 0 Å². The van der Waals surface area contributed by atoms with Gasteiger partial charge < -0.3 is 9.80 Å². The van der Waals surface area contributed by atoms with E-state index in [9.17, 15) is 13.2 Å². The van der Waals surface area contributed by atoms with Crippen molar-refractivity contribution in [2.75, 3.05) is 30.4 Å². The van der Waals surface area contributed by atoms with E-state index in [4.69, 9.17) is 0 Å². The van der Waals surface area contributed by atoms with Gasteiger partial charge in [-0.2, -0.15) is 13.2 Å². The Bertz CT molecular complexity index is 771. The van der Waals surface area contributed by atoms with Gasteiger partial charge in [0.15, 0.2) is 0 Å². The molecular weight excluding hydrogens is 341 g/mol. The molecule has 26 heavy (non-hydrogen) atoms. The van der Waals surface area contributed by atoms with Crippen molar-refractivity contribution >= 4 is 11.6 Å². The van der Waals surface area contributed by atoms with Gasteiger partial charge >= 0.3 is 6.18 Å². The lowest BCUT2D eigenvalue weighted by Crippen LogP contribution is -2.29. The van der Waals surface area contributed by atoms with E-state index in [1.165, 1.54) is 11.1 Å². The van der Waals surface area contributed by atoms with Gasteiger partial charge in [0, 0.05) is 38.7 Å². The number of hydrogen-bond acceptors (Lipinski definition) is 4. The predicted octanol–water partition coefficient (Wildman–Crippen LogP) is 4.25. The molecule has 2 unspecified atom stereocenters. The van der Waals surface area contributed by atoms with Crippen LogP contribution in [0.4, 0.5) is 24.8 Å². The maximum Gasteiger partial charge on any atom is 0.451 e. The third kappa shape index (κ3) is 3.76. The van der Waals surface area contributed by atoms with E-state index in [0.29, 0.717) is 12.4 Å². The van der Waals surface area contributed by atoms with Crippen LogP contribution < -0.4 is 9.80 Å². The van der Waals surface area contributed by atoms with Gasteiger partial charge in [-0.15, -0.1) is 0 Å². The van der Waals surface area contributed by atoms with Crippen LogP contribution in [0.25, 0.3) is 0 Å². The number of alkyl halides is 3. The molecule has 0 N–H and O–H groups in total. The van der Waals surface area contributed by atoms with E-state index in [2.05, 4.69) is 34.2 Å². The maximum absolute atomic E-state index is 13.2. The third-order valence-electron chi connectivity index (χ3n) is 4.83. The number of rotatable bonds is 3. The highest BCUT2D eigenvalue weighted by molar-refractivity contribution is 5.52. The molecule has 0 bridgehead atoms. The van der Waals surface area contributed by atoms with Crippen molar-refractivity contribution in [3.8, 4) is 0 Å². The Kier molecular flexibility index (Phi) is 4.82. The van der Waals surface area contributed by atoms with E-state index in [0.717, 1.165) is 6.42 Å². The first-order valence-corrected chi connectivity index (χ1v) is 8.62. The molecule has 1 aromatic carbocycles. The molecule has 7 heteroatoms. The monoisotopic (exact) mass is 364 g/mol. The standard InChI is InChI=1S/C19H23F3N4/c1-12-5-7-14(8-6-12)15-9-13(2)26(11-15)17-10-16(25(3)4)23-18(24-17)19(20,21)22/h5-8,10,13,15H,9,11H2,1-4H3. The molecule has 1 fully saturated rings. The summed E-state index contributed by atoms with van der Waals surface area (Å²) in [5.41, 5.74) is 2.40. The van der Waals surface area contributed by atoms with Gasteiger partial charge in [-0.25, -0.2) is 9.97 Å². The van der Waals surface area contributed by atoms with Crippen molar-refractivity contribution in [2.24, 2.45) is 0 Å². The molecule has 1 aromatic heterocycles. The van der Waals surface area contributed by atoms with Crippen LogP contribution >= 0.6 is 0 Å². The first-order chi connectivity index (χ1) is 12.1. The molecule has 2 heterocycles. The van der Waals surface area contributed by atoms with Crippen LogP contribution in [-0.2, 0) is 6.18 Å². The zero-order chi connectivity index (χ0) is 19.1. The molecule has 1 aliphatic rings. The van der Waals surface area contributed by atoms with Gasteiger partial charge in [0.05, 0.1) is 0 Å². The minimum absolute atomic E-state index is 0.104. The van der Waals surface area contributed by atoms with Gasteiger partial charge in [0.2, 0.25) is 5.82 Å². The van der Waals surface area contributed by atoms with Crippen LogP contribution in [0.15, 0.2) is 30.3 Å². The number of nitrogens with zero attached hydrogens (tertiary/aromatic N) is 4. The highest BCUT2D eigenvalue weighted by Crippen LogP contribution is 2.36. The number of hydrogen-bond donors (Lipinski definition) is 0. The van der Waals surface area contributed by atoms with E-state index >= 15 is 0 Å². The largest absolute Gasteiger partial charge is 0.451 e. The van der Waals surface area contributed by atoms with E-state index in [1.807, 2.05) is 18.7 Å². The minimum Gasteiger partial charge on any atom is -0.363 e. The van der Waals surface area contributed by atoms with Crippen molar-refractivity contribution in [1.82, 2.24) is 9.97 Å². The van der Waals surface area contributed by atoms with Gasteiger partial charge in [0.25, 0.3) is 0 Å². The normalized spacial score (nSPS) is 20.5. The lowest BCUT2D eigenvalue weighted by Gasteiger charge is -2.25. The van der Waals surface area contributed by atoms with E-state index in [1.54, 1.807) is 25.1 Å². The first-order valence-electron chi connectivity index (χ1n) is 8.62. The molecule has 0 saturated carbocycles. The zero-order valence-electron chi connectivity index (χ0n) is 15.4. The predicted molar refractivity (Wildman–Crippen MR) is 96.7 cm³/mol. The van der Waals surface area contributed by atoms with Crippen LogP contribution in [0.1, 0.15) is 36.2 Å². The van der Waals surface area contributed by atoms with E-state index in [-0.39, 0.29) is 17.8 Å². The second-order valence-corrected chi connectivity index (χ2v) is 7.14.